The largest absolute Gasteiger partial charge is 0.388 e. The molecule has 4 nitrogen and oxygen atoms in total. The van der Waals surface area contributed by atoms with Gasteiger partial charge in [0.2, 0.25) is 0 Å². The molecule has 108 valence electrons. The van der Waals surface area contributed by atoms with E-state index in [-0.39, 0.29) is 24.0 Å². The first-order chi connectivity index (χ1) is 8.00. The topological polar surface area (TPSA) is 61.9 Å². The van der Waals surface area contributed by atoms with Gasteiger partial charge in [-0.15, -0.1) is 24.0 Å². The number of hydrogen-bond donors (Lipinski definition) is 2. The lowest BCUT2D eigenvalue weighted by molar-refractivity contribution is 0.0415. The zero-order valence-electron chi connectivity index (χ0n) is 11.9. The van der Waals surface area contributed by atoms with Gasteiger partial charge in [0.1, 0.15) is 0 Å². The molecular weight excluding hydrogens is 341 g/mol. The lowest BCUT2D eigenvalue weighted by atomic mass is 9.98. The molecule has 1 saturated heterocycles. The van der Waals surface area contributed by atoms with E-state index in [9.17, 15) is 5.11 Å². The van der Waals surface area contributed by atoms with Crippen LogP contribution in [-0.4, -0.2) is 41.2 Å². The summed E-state index contributed by atoms with van der Waals surface area (Å²) in [5, 5.41) is 10.1. The van der Waals surface area contributed by atoms with E-state index in [0.29, 0.717) is 12.5 Å². The van der Waals surface area contributed by atoms with Crippen molar-refractivity contribution < 1.29 is 5.11 Å². The SMILES string of the molecule is CCC(O)(CC)CN=C(N)N1CCC(C)CC1.I. The molecule has 1 fully saturated rings. The second kappa shape index (κ2) is 8.19. The number of guanidine groups is 1. The van der Waals surface area contributed by atoms with Crippen LogP contribution < -0.4 is 5.73 Å². The van der Waals surface area contributed by atoms with E-state index < -0.39 is 5.60 Å². The zero-order chi connectivity index (χ0) is 12.9. The van der Waals surface area contributed by atoms with Crippen LogP contribution in [0.2, 0.25) is 0 Å². The molecule has 1 aliphatic rings. The summed E-state index contributed by atoms with van der Waals surface area (Å²) in [5.74, 6) is 1.39. The van der Waals surface area contributed by atoms with E-state index in [4.69, 9.17) is 5.73 Å². The molecule has 0 saturated carbocycles. The summed E-state index contributed by atoms with van der Waals surface area (Å²) < 4.78 is 0. The first kappa shape index (κ1) is 18.0. The molecule has 3 N–H and O–H groups in total. The maximum atomic E-state index is 10.1. The number of aliphatic hydroxyl groups is 1. The van der Waals surface area contributed by atoms with E-state index in [1.165, 1.54) is 12.8 Å². The van der Waals surface area contributed by atoms with Crippen LogP contribution in [0.15, 0.2) is 4.99 Å². The van der Waals surface area contributed by atoms with Crippen LogP contribution >= 0.6 is 24.0 Å². The van der Waals surface area contributed by atoms with Crippen molar-refractivity contribution in [1.82, 2.24) is 4.90 Å². The molecule has 0 aromatic rings. The Bertz CT molecular complexity index is 259. The van der Waals surface area contributed by atoms with Crippen molar-refractivity contribution in [3.63, 3.8) is 0 Å². The number of nitrogens with zero attached hydrogens (tertiary/aromatic N) is 2. The molecule has 0 spiro atoms. The third-order valence-corrected chi connectivity index (χ3v) is 3.96. The van der Waals surface area contributed by atoms with Gasteiger partial charge in [-0.05, 0) is 31.6 Å². The maximum absolute atomic E-state index is 10.1. The van der Waals surface area contributed by atoms with E-state index >= 15 is 0 Å². The molecule has 0 radical (unpaired) electrons. The summed E-state index contributed by atoms with van der Waals surface area (Å²) >= 11 is 0. The second-order valence-corrected chi connectivity index (χ2v) is 5.28. The lowest BCUT2D eigenvalue weighted by Crippen LogP contribution is -2.43. The van der Waals surface area contributed by atoms with Gasteiger partial charge < -0.3 is 15.7 Å². The van der Waals surface area contributed by atoms with Gasteiger partial charge in [0.05, 0.1) is 12.1 Å². The van der Waals surface area contributed by atoms with E-state index in [1.807, 2.05) is 13.8 Å². The molecule has 1 aliphatic heterocycles. The number of aliphatic imine (C=N–C) groups is 1. The molecule has 1 rings (SSSR count). The van der Waals surface area contributed by atoms with Crippen LogP contribution in [0.4, 0.5) is 0 Å². The van der Waals surface area contributed by atoms with Crippen LogP contribution in [0.5, 0.6) is 0 Å². The maximum Gasteiger partial charge on any atom is 0.191 e. The Kier molecular flexibility index (Phi) is 8.18. The quantitative estimate of drug-likeness (QED) is 0.454. The van der Waals surface area contributed by atoms with Crippen molar-refractivity contribution in [2.24, 2.45) is 16.6 Å². The summed E-state index contributed by atoms with van der Waals surface area (Å²) in [7, 11) is 0. The Hall–Kier alpha value is -0.0400. The molecule has 0 atom stereocenters. The van der Waals surface area contributed by atoms with Gasteiger partial charge in [-0.3, -0.25) is 4.99 Å². The molecule has 18 heavy (non-hydrogen) atoms. The summed E-state index contributed by atoms with van der Waals surface area (Å²) in [4.78, 5) is 6.49. The molecule has 1 heterocycles. The minimum absolute atomic E-state index is 0. The van der Waals surface area contributed by atoms with Crippen molar-refractivity contribution in [3.05, 3.63) is 0 Å². The molecule has 0 bridgehead atoms. The van der Waals surface area contributed by atoms with Crippen LogP contribution in [0.25, 0.3) is 0 Å². The zero-order valence-corrected chi connectivity index (χ0v) is 14.2. The van der Waals surface area contributed by atoms with Gasteiger partial charge in [0.25, 0.3) is 0 Å². The highest BCUT2D eigenvalue weighted by atomic mass is 127. The van der Waals surface area contributed by atoms with Crippen molar-refractivity contribution >= 4 is 29.9 Å². The average Bonchev–Trinajstić information content (AvgIpc) is 2.36. The Morgan fingerprint density at radius 3 is 2.28 bits per heavy atom. The smallest absolute Gasteiger partial charge is 0.191 e. The van der Waals surface area contributed by atoms with Gasteiger partial charge in [-0.2, -0.15) is 0 Å². The Morgan fingerprint density at radius 2 is 1.83 bits per heavy atom. The Morgan fingerprint density at radius 1 is 1.33 bits per heavy atom. The number of likely N-dealkylation sites (tertiary alicyclic amines) is 1. The molecule has 0 aromatic carbocycles. The van der Waals surface area contributed by atoms with Crippen molar-refractivity contribution in [2.45, 2.75) is 52.1 Å². The van der Waals surface area contributed by atoms with E-state index in [2.05, 4.69) is 16.8 Å². The first-order valence-electron chi connectivity index (χ1n) is 6.78. The fourth-order valence-electron chi connectivity index (χ4n) is 2.04. The third-order valence-electron chi connectivity index (χ3n) is 3.96. The number of rotatable bonds is 4. The highest BCUT2D eigenvalue weighted by Gasteiger charge is 2.23. The van der Waals surface area contributed by atoms with Crippen molar-refractivity contribution in [3.8, 4) is 0 Å². The number of piperidine rings is 1. The average molecular weight is 369 g/mol. The van der Waals surface area contributed by atoms with Gasteiger partial charge in [0.15, 0.2) is 5.96 Å². The predicted molar refractivity (Wildman–Crippen MR) is 87.4 cm³/mol. The van der Waals surface area contributed by atoms with Crippen molar-refractivity contribution in [1.29, 1.82) is 0 Å². The second-order valence-electron chi connectivity index (χ2n) is 5.28. The Balaban J connectivity index is 0.00000289. The highest BCUT2D eigenvalue weighted by molar-refractivity contribution is 14.0. The fraction of sp³-hybridized carbons (Fsp3) is 0.923. The molecule has 0 aliphatic carbocycles. The first-order valence-corrected chi connectivity index (χ1v) is 6.78. The normalized spacial score (nSPS) is 18.7. The summed E-state index contributed by atoms with van der Waals surface area (Å²) in [6.07, 6.45) is 3.80. The van der Waals surface area contributed by atoms with Gasteiger partial charge in [-0.25, -0.2) is 0 Å². The monoisotopic (exact) mass is 369 g/mol. The van der Waals surface area contributed by atoms with Gasteiger partial charge >= 0.3 is 0 Å². The molecule has 0 unspecified atom stereocenters. The summed E-state index contributed by atoms with van der Waals surface area (Å²) in [5.41, 5.74) is 5.29. The molecular formula is C13H28IN3O. The van der Waals surface area contributed by atoms with E-state index in [1.54, 1.807) is 0 Å². The van der Waals surface area contributed by atoms with Gasteiger partial charge in [-0.1, -0.05) is 20.8 Å². The molecule has 0 amide bonds. The van der Waals surface area contributed by atoms with Crippen molar-refractivity contribution in [2.75, 3.05) is 19.6 Å². The molecule has 0 aromatic heterocycles. The minimum Gasteiger partial charge on any atom is -0.388 e. The highest BCUT2D eigenvalue weighted by Crippen LogP contribution is 2.17. The number of halogens is 1. The number of nitrogens with two attached hydrogens (primary N) is 1. The Labute approximate surface area is 128 Å². The van der Waals surface area contributed by atoms with Gasteiger partial charge in [0, 0.05) is 13.1 Å². The number of hydrogen-bond acceptors (Lipinski definition) is 2. The third kappa shape index (κ3) is 5.30. The summed E-state index contributed by atoms with van der Waals surface area (Å²) in [6.45, 7) is 8.64. The predicted octanol–water partition coefficient (Wildman–Crippen LogP) is 2.20. The lowest BCUT2D eigenvalue weighted by Gasteiger charge is -2.31. The van der Waals surface area contributed by atoms with E-state index in [0.717, 1.165) is 31.8 Å². The van der Waals surface area contributed by atoms with Crippen LogP contribution in [0.3, 0.4) is 0 Å². The fourth-order valence-corrected chi connectivity index (χ4v) is 2.04. The minimum atomic E-state index is -0.687. The van der Waals surface area contributed by atoms with Crippen LogP contribution in [0.1, 0.15) is 46.5 Å². The summed E-state index contributed by atoms with van der Waals surface area (Å²) in [6, 6.07) is 0. The standard InChI is InChI=1S/C13H27N3O.HI/c1-4-13(17,5-2)10-15-12(14)16-8-6-11(3)7-9-16;/h11,17H,4-10H2,1-3H3,(H2,14,15);1H. The van der Waals surface area contributed by atoms with Crippen LogP contribution in [-0.2, 0) is 0 Å². The van der Waals surface area contributed by atoms with Crippen LogP contribution in [0, 0.1) is 5.92 Å². The molecule has 5 heteroatoms.